The normalized spacial score (nSPS) is 40.7. The largest absolute Gasteiger partial charge is 0.369 e. The minimum atomic E-state index is 0.589. The van der Waals surface area contributed by atoms with Crippen molar-refractivity contribution in [1.82, 2.24) is 15.1 Å². The molecule has 5 unspecified atom stereocenters. The zero-order valence-electron chi connectivity index (χ0n) is 12.3. The molecular weight excluding hydrogens is 328 g/mol. The van der Waals surface area contributed by atoms with Gasteiger partial charge in [-0.2, -0.15) is 5.10 Å². The zero-order valence-corrected chi connectivity index (χ0v) is 13.9. The molecule has 0 aromatic carbocycles. The average Bonchev–Trinajstić information content (AvgIpc) is 3.21. The molecule has 0 spiro atoms. The average molecular weight is 351 g/mol. The number of nitrogens with zero attached hydrogens (tertiary/aromatic N) is 2. The van der Waals surface area contributed by atoms with Crippen LogP contribution in [0.1, 0.15) is 49.8 Å². The maximum atomic E-state index is 5.11. The molecule has 21 heavy (non-hydrogen) atoms. The van der Waals surface area contributed by atoms with Gasteiger partial charge in [0, 0.05) is 24.9 Å². The van der Waals surface area contributed by atoms with Crippen LogP contribution in [-0.2, 0) is 0 Å². The van der Waals surface area contributed by atoms with Crippen LogP contribution in [0.25, 0.3) is 0 Å². The van der Waals surface area contributed by atoms with Crippen molar-refractivity contribution >= 4 is 21.7 Å². The van der Waals surface area contributed by atoms with Crippen molar-refractivity contribution in [1.29, 1.82) is 0 Å². The monoisotopic (exact) mass is 350 g/mol. The quantitative estimate of drug-likeness (QED) is 0.817. The number of aromatic nitrogens is 2. The molecule has 0 amide bonds. The van der Waals surface area contributed by atoms with Gasteiger partial charge in [0.15, 0.2) is 0 Å². The molecule has 1 saturated heterocycles. The van der Waals surface area contributed by atoms with Crippen LogP contribution >= 0.6 is 15.9 Å². The predicted molar refractivity (Wildman–Crippen MR) is 86.6 cm³/mol. The lowest BCUT2D eigenvalue weighted by Gasteiger charge is -2.37. The van der Waals surface area contributed by atoms with Gasteiger partial charge in [0.05, 0.1) is 16.2 Å². The smallest absolute Gasteiger partial charge is 0.139 e. The number of anilines is 1. The topological polar surface area (TPSA) is 41.9 Å². The Balaban J connectivity index is 1.53. The van der Waals surface area contributed by atoms with Crippen LogP contribution in [0.3, 0.4) is 0 Å². The van der Waals surface area contributed by atoms with E-state index in [-0.39, 0.29) is 0 Å². The Hall–Kier alpha value is -0.550. The Morgan fingerprint density at radius 3 is 2.86 bits per heavy atom. The standard InChI is InChI=1S/C16H23BrN4/c17-14-15(12-6-9-1-2-10(12)5-9)20-21-13-3-4-18-7-11(13)8-19-16(14)21/h9-13,18-19H,1-8H2. The minimum absolute atomic E-state index is 0.589. The van der Waals surface area contributed by atoms with Gasteiger partial charge < -0.3 is 10.6 Å². The molecule has 1 aromatic heterocycles. The lowest BCUT2D eigenvalue weighted by atomic mass is 9.86. The molecule has 5 atom stereocenters. The highest BCUT2D eigenvalue weighted by Crippen LogP contribution is 2.54. The Morgan fingerprint density at radius 2 is 2.05 bits per heavy atom. The van der Waals surface area contributed by atoms with Crippen LogP contribution in [-0.4, -0.2) is 29.4 Å². The van der Waals surface area contributed by atoms with Crippen LogP contribution < -0.4 is 10.6 Å². The molecule has 2 N–H and O–H groups in total. The highest BCUT2D eigenvalue weighted by atomic mass is 79.9. The number of nitrogens with one attached hydrogen (secondary N) is 2. The van der Waals surface area contributed by atoms with Crippen LogP contribution in [0, 0.1) is 17.8 Å². The minimum Gasteiger partial charge on any atom is -0.369 e. The van der Waals surface area contributed by atoms with Gasteiger partial charge >= 0.3 is 0 Å². The fourth-order valence-electron chi connectivity index (χ4n) is 5.31. The van der Waals surface area contributed by atoms with Gasteiger partial charge in [-0.15, -0.1) is 0 Å². The third-order valence-corrected chi connectivity index (χ3v) is 7.16. The van der Waals surface area contributed by atoms with Crippen molar-refractivity contribution in [3.63, 3.8) is 0 Å². The number of rotatable bonds is 1. The van der Waals surface area contributed by atoms with Crippen LogP contribution in [0.2, 0.25) is 0 Å². The van der Waals surface area contributed by atoms with Gasteiger partial charge in [-0.25, -0.2) is 4.68 Å². The molecule has 3 fully saturated rings. The van der Waals surface area contributed by atoms with E-state index in [9.17, 15) is 0 Å². The van der Waals surface area contributed by atoms with E-state index in [0.29, 0.717) is 17.9 Å². The van der Waals surface area contributed by atoms with Crippen LogP contribution in [0.5, 0.6) is 0 Å². The summed E-state index contributed by atoms with van der Waals surface area (Å²) in [5, 5.41) is 12.3. The first kappa shape index (κ1) is 12.9. The van der Waals surface area contributed by atoms with E-state index in [2.05, 4.69) is 31.2 Å². The van der Waals surface area contributed by atoms with Gasteiger partial charge in [0.25, 0.3) is 0 Å². The van der Waals surface area contributed by atoms with E-state index in [4.69, 9.17) is 5.10 Å². The van der Waals surface area contributed by atoms with Crippen molar-refractivity contribution in [2.75, 3.05) is 25.0 Å². The molecule has 4 aliphatic rings. The summed E-state index contributed by atoms with van der Waals surface area (Å²) in [5.74, 6) is 4.51. The number of hydrogen-bond donors (Lipinski definition) is 2. The van der Waals surface area contributed by atoms with E-state index >= 15 is 0 Å². The molecule has 5 heteroatoms. The van der Waals surface area contributed by atoms with E-state index in [1.54, 1.807) is 0 Å². The maximum absolute atomic E-state index is 5.11. The number of fused-ring (bicyclic) bond motifs is 5. The second kappa shape index (κ2) is 4.72. The molecule has 2 bridgehead atoms. The highest BCUT2D eigenvalue weighted by Gasteiger charge is 2.44. The Bertz CT molecular complexity index is 569. The van der Waals surface area contributed by atoms with Gasteiger partial charge in [-0.05, 0) is 60.0 Å². The third-order valence-electron chi connectivity index (χ3n) is 6.38. The Kier molecular flexibility index (Phi) is 2.91. The number of halogens is 1. The van der Waals surface area contributed by atoms with Gasteiger partial charge in [-0.3, -0.25) is 0 Å². The molecule has 5 rings (SSSR count). The van der Waals surface area contributed by atoms with Gasteiger partial charge in [0.2, 0.25) is 0 Å². The molecule has 4 nitrogen and oxygen atoms in total. The maximum Gasteiger partial charge on any atom is 0.139 e. The summed E-state index contributed by atoms with van der Waals surface area (Å²) < 4.78 is 3.58. The molecular formula is C16H23BrN4. The van der Waals surface area contributed by atoms with Crippen molar-refractivity contribution in [3.8, 4) is 0 Å². The summed E-state index contributed by atoms with van der Waals surface area (Å²) in [6, 6.07) is 0.589. The number of hydrogen-bond acceptors (Lipinski definition) is 3. The van der Waals surface area contributed by atoms with Crippen LogP contribution in [0.4, 0.5) is 5.82 Å². The Labute approximate surface area is 134 Å². The fourth-order valence-corrected chi connectivity index (χ4v) is 6.01. The lowest BCUT2D eigenvalue weighted by Crippen LogP contribution is -2.44. The van der Waals surface area contributed by atoms with E-state index in [0.717, 1.165) is 31.5 Å². The summed E-state index contributed by atoms with van der Waals surface area (Å²) in [4.78, 5) is 0. The summed E-state index contributed by atoms with van der Waals surface area (Å²) >= 11 is 3.87. The van der Waals surface area contributed by atoms with Crippen LogP contribution in [0.15, 0.2) is 4.47 Å². The van der Waals surface area contributed by atoms with E-state index < -0.39 is 0 Å². The van der Waals surface area contributed by atoms with Crippen molar-refractivity contribution in [2.24, 2.45) is 17.8 Å². The fraction of sp³-hybridized carbons (Fsp3) is 0.812. The van der Waals surface area contributed by atoms with E-state index in [1.807, 2.05) is 0 Å². The molecule has 1 aromatic rings. The summed E-state index contributed by atoms with van der Waals surface area (Å²) in [6.45, 7) is 3.33. The summed E-state index contributed by atoms with van der Waals surface area (Å²) in [5.41, 5.74) is 1.35. The summed E-state index contributed by atoms with van der Waals surface area (Å²) in [7, 11) is 0. The SMILES string of the molecule is Brc1c(C2CC3CCC2C3)nn2c1NCC1CNCCC12. The van der Waals surface area contributed by atoms with E-state index in [1.165, 1.54) is 48.1 Å². The molecule has 2 aliphatic heterocycles. The van der Waals surface area contributed by atoms with Gasteiger partial charge in [-0.1, -0.05) is 6.42 Å². The lowest BCUT2D eigenvalue weighted by molar-refractivity contribution is 0.235. The Morgan fingerprint density at radius 1 is 1.10 bits per heavy atom. The number of piperidine rings is 1. The third kappa shape index (κ3) is 1.86. The van der Waals surface area contributed by atoms with Crippen molar-refractivity contribution in [2.45, 2.75) is 44.1 Å². The predicted octanol–water partition coefficient (Wildman–Crippen LogP) is 3.13. The zero-order chi connectivity index (χ0) is 14.0. The van der Waals surface area contributed by atoms with Crippen molar-refractivity contribution in [3.05, 3.63) is 10.2 Å². The first-order chi connectivity index (χ1) is 10.3. The second-order valence-corrected chi connectivity index (χ2v) is 8.27. The first-order valence-electron chi connectivity index (χ1n) is 8.53. The summed E-state index contributed by atoms with van der Waals surface area (Å²) in [6.07, 6.45) is 6.91. The first-order valence-corrected chi connectivity index (χ1v) is 9.33. The van der Waals surface area contributed by atoms with Crippen molar-refractivity contribution < 1.29 is 0 Å². The highest BCUT2D eigenvalue weighted by molar-refractivity contribution is 9.10. The molecule has 2 saturated carbocycles. The van der Waals surface area contributed by atoms with Gasteiger partial charge in [0.1, 0.15) is 5.82 Å². The molecule has 3 heterocycles. The molecule has 2 aliphatic carbocycles. The second-order valence-electron chi connectivity index (χ2n) is 7.47. The molecule has 114 valence electrons. The molecule has 0 radical (unpaired) electrons.